The Bertz CT molecular complexity index is 696. The number of ether oxygens (including phenoxy) is 2. The molecule has 0 aliphatic heterocycles. The van der Waals surface area contributed by atoms with Crippen LogP contribution >= 0.6 is 24.0 Å². The van der Waals surface area contributed by atoms with Crippen LogP contribution in [0.25, 0.3) is 0 Å². The van der Waals surface area contributed by atoms with Gasteiger partial charge in [-0.25, -0.2) is 0 Å². The number of aliphatic imine (C=N–C) groups is 1. The van der Waals surface area contributed by atoms with E-state index < -0.39 is 0 Å². The largest absolute Gasteiger partial charge is 0.497 e. The van der Waals surface area contributed by atoms with Crippen molar-refractivity contribution in [2.75, 3.05) is 33.9 Å². The summed E-state index contributed by atoms with van der Waals surface area (Å²) in [6.45, 7) is 4.31. The van der Waals surface area contributed by atoms with Gasteiger partial charge in [0, 0.05) is 37.9 Å². The second-order valence-corrected chi connectivity index (χ2v) is 5.69. The second-order valence-electron chi connectivity index (χ2n) is 5.69. The number of methoxy groups -OCH3 is 2. The topological polar surface area (TPSA) is 67.8 Å². The number of halogens is 1. The third-order valence-electron chi connectivity index (χ3n) is 3.88. The SMILES string of the molecule is CCNC(=NCCc1ccccn1)NCCc1cc(OC)ccc1OC.I. The molecule has 0 atom stereocenters. The smallest absolute Gasteiger partial charge is 0.191 e. The van der Waals surface area contributed by atoms with Crippen LogP contribution < -0.4 is 20.1 Å². The molecule has 1 aromatic carbocycles. The third-order valence-corrected chi connectivity index (χ3v) is 3.88. The summed E-state index contributed by atoms with van der Waals surface area (Å²) in [5.41, 5.74) is 2.15. The first-order valence-electron chi connectivity index (χ1n) is 8.89. The molecule has 0 unspecified atom stereocenters. The van der Waals surface area contributed by atoms with E-state index in [9.17, 15) is 0 Å². The molecule has 0 aliphatic rings. The van der Waals surface area contributed by atoms with Gasteiger partial charge in [0.1, 0.15) is 11.5 Å². The molecule has 0 fully saturated rings. The molecule has 0 radical (unpaired) electrons. The number of hydrogen-bond acceptors (Lipinski definition) is 4. The first-order valence-corrected chi connectivity index (χ1v) is 8.89. The fourth-order valence-corrected chi connectivity index (χ4v) is 2.56. The van der Waals surface area contributed by atoms with Crippen LogP contribution in [0.3, 0.4) is 0 Å². The zero-order valence-corrected chi connectivity index (χ0v) is 18.5. The molecule has 0 amide bonds. The van der Waals surface area contributed by atoms with E-state index in [4.69, 9.17) is 9.47 Å². The summed E-state index contributed by atoms with van der Waals surface area (Å²) in [4.78, 5) is 8.94. The van der Waals surface area contributed by atoms with Crippen molar-refractivity contribution in [2.45, 2.75) is 19.8 Å². The second kappa shape index (κ2) is 13.2. The molecule has 6 nitrogen and oxygen atoms in total. The standard InChI is InChI=1S/C20H28N4O2.HI/c1-4-21-20(24-14-11-17-7-5-6-12-22-17)23-13-10-16-15-18(25-2)8-9-19(16)26-3;/h5-9,12,15H,4,10-11,13-14H2,1-3H3,(H2,21,23,24);1H. The Kier molecular flexibility index (Phi) is 11.2. The molecular weight excluding hydrogens is 455 g/mol. The minimum atomic E-state index is 0. The molecule has 0 saturated heterocycles. The summed E-state index contributed by atoms with van der Waals surface area (Å²) < 4.78 is 10.7. The lowest BCUT2D eigenvalue weighted by Crippen LogP contribution is -2.38. The van der Waals surface area contributed by atoms with Crippen LogP contribution in [-0.2, 0) is 12.8 Å². The summed E-state index contributed by atoms with van der Waals surface area (Å²) in [5, 5.41) is 6.64. The van der Waals surface area contributed by atoms with Gasteiger partial charge in [0.25, 0.3) is 0 Å². The number of benzene rings is 1. The summed E-state index contributed by atoms with van der Waals surface area (Å²) in [6.07, 6.45) is 3.44. The van der Waals surface area contributed by atoms with Crippen molar-refractivity contribution >= 4 is 29.9 Å². The molecule has 0 bridgehead atoms. The van der Waals surface area contributed by atoms with Crippen molar-refractivity contribution in [3.05, 3.63) is 53.9 Å². The third kappa shape index (κ3) is 8.03. The van der Waals surface area contributed by atoms with E-state index in [0.717, 1.165) is 54.6 Å². The van der Waals surface area contributed by atoms with Crippen molar-refractivity contribution in [3.63, 3.8) is 0 Å². The Hall–Kier alpha value is -2.03. The van der Waals surface area contributed by atoms with Gasteiger partial charge < -0.3 is 20.1 Å². The maximum atomic E-state index is 5.43. The van der Waals surface area contributed by atoms with E-state index in [1.54, 1.807) is 14.2 Å². The number of pyridine rings is 1. The van der Waals surface area contributed by atoms with Crippen LogP contribution in [0, 0.1) is 0 Å². The van der Waals surface area contributed by atoms with Crippen LogP contribution in [0.5, 0.6) is 11.5 Å². The molecule has 1 aromatic heterocycles. The van der Waals surface area contributed by atoms with Crippen molar-refractivity contribution in [1.29, 1.82) is 0 Å². The molecule has 1 heterocycles. The number of nitrogens with one attached hydrogen (secondary N) is 2. The van der Waals surface area contributed by atoms with Gasteiger partial charge in [0.15, 0.2) is 5.96 Å². The normalized spacial score (nSPS) is 10.7. The summed E-state index contributed by atoms with van der Waals surface area (Å²) >= 11 is 0. The molecule has 2 N–H and O–H groups in total. The van der Waals surface area contributed by atoms with Gasteiger partial charge in [-0.3, -0.25) is 9.98 Å². The van der Waals surface area contributed by atoms with Crippen LogP contribution in [0.15, 0.2) is 47.6 Å². The Morgan fingerprint density at radius 2 is 1.93 bits per heavy atom. The quantitative estimate of drug-likeness (QED) is 0.326. The highest BCUT2D eigenvalue weighted by molar-refractivity contribution is 14.0. The highest BCUT2D eigenvalue weighted by Crippen LogP contribution is 2.24. The van der Waals surface area contributed by atoms with Crippen LogP contribution in [0.2, 0.25) is 0 Å². The number of guanidine groups is 1. The average Bonchev–Trinajstić information content (AvgIpc) is 2.68. The van der Waals surface area contributed by atoms with Crippen molar-refractivity contribution in [2.24, 2.45) is 4.99 Å². The lowest BCUT2D eigenvalue weighted by atomic mass is 10.1. The average molecular weight is 484 g/mol. The van der Waals surface area contributed by atoms with E-state index in [0.29, 0.717) is 6.54 Å². The molecule has 7 heteroatoms. The highest BCUT2D eigenvalue weighted by atomic mass is 127. The molecule has 27 heavy (non-hydrogen) atoms. The van der Waals surface area contributed by atoms with Gasteiger partial charge in [-0.2, -0.15) is 0 Å². The van der Waals surface area contributed by atoms with Crippen LogP contribution in [0.4, 0.5) is 0 Å². The predicted octanol–water partition coefficient (Wildman–Crippen LogP) is 3.06. The zero-order valence-electron chi connectivity index (χ0n) is 16.2. The maximum Gasteiger partial charge on any atom is 0.191 e. The number of aromatic nitrogens is 1. The van der Waals surface area contributed by atoms with Gasteiger partial charge in [0.05, 0.1) is 14.2 Å². The van der Waals surface area contributed by atoms with Crippen molar-refractivity contribution in [3.8, 4) is 11.5 Å². The lowest BCUT2D eigenvalue weighted by molar-refractivity contribution is 0.398. The van der Waals surface area contributed by atoms with Gasteiger partial charge in [-0.05, 0) is 49.2 Å². The number of rotatable bonds is 9. The van der Waals surface area contributed by atoms with Crippen molar-refractivity contribution < 1.29 is 9.47 Å². The fourth-order valence-electron chi connectivity index (χ4n) is 2.56. The fraction of sp³-hybridized carbons (Fsp3) is 0.400. The number of hydrogen-bond donors (Lipinski definition) is 2. The minimum Gasteiger partial charge on any atom is -0.497 e. The molecule has 2 rings (SSSR count). The molecule has 0 aliphatic carbocycles. The minimum absolute atomic E-state index is 0. The maximum absolute atomic E-state index is 5.43. The summed E-state index contributed by atoms with van der Waals surface area (Å²) in [6, 6.07) is 11.8. The Labute approximate surface area is 178 Å². The van der Waals surface area contributed by atoms with E-state index in [1.807, 2.05) is 42.6 Å². The Morgan fingerprint density at radius 3 is 2.59 bits per heavy atom. The molecule has 2 aromatic rings. The molecule has 0 spiro atoms. The Balaban J connectivity index is 0.00000364. The lowest BCUT2D eigenvalue weighted by Gasteiger charge is -2.13. The Morgan fingerprint density at radius 1 is 1.07 bits per heavy atom. The summed E-state index contributed by atoms with van der Waals surface area (Å²) in [7, 11) is 3.35. The first kappa shape index (κ1) is 23.0. The van der Waals surface area contributed by atoms with Crippen LogP contribution in [0.1, 0.15) is 18.2 Å². The van der Waals surface area contributed by atoms with E-state index in [1.165, 1.54) is 0 Å². The first-order chi connectivity index (χ1) is 12.8. The van der Waals surface area contributed by atoms with Gasteiger partial charge in [0.2, 0.25) is 0 Å². The molecule has 148 valence electrons. The van der Waals surface area contributed by atoms with Gasteiger partial charge in [-0.15, -0.1) is 24.0 Å². The predicted molar refractivity (Wildman–Crippen MR) is 121 cm³/mol. The molecular formula is C20H29IN4O2. The van der Waals surface area contributed by atoms with E-state index >= 15 is 0 Å². The van der Waals surface area contributed by atoms with E-state index in [-0.39, 0.29) is 24.0 Å². The van der Waals surface area contributed by atoms with Crippen LogP contribution in [-0.4, -0.2) is 44.8 Å². The van der Waals surface area contributed by atoms with E-state index in [2.05, 4.69) is 27.5 Å². The highest BCUT2D eigenvalue weighted by Gasteiger charge is 2.06. The monoisotopic (exact) mass is 484 g/mol. The van der Waals surface area contributed by atoms with Gasteiger partial charge in [-0.1, -0.05) is 6.07 Å². The number of nitrogens with zero attached hydrogens (tertiary/aromatic N) is 2. The van der Waals surface area contributed by atoms with Gasteiger partial charge >= 0.3 is 0 Å². The zero-order chi connectivity index (χ0) is 18.6. The molecule has 0 saturated carbocycles. The van der Waals surface area contributed by atoms with Crippen molar-refractivity contribution in [1.82, 2.24) is 15.6 Å². The summed E-state index contributed by atoms with van der Waals surface area (Å²) in [5.74, 6) is 2.51.